The molecule has 190 valence electrons. The predicted molar refractivity (Wildman–Crippen MR) is 133 cm³/mol. The molecule has 0 spiro atoms. The third-order valence-corrected chi connectivity index (χ3v) is 7.39. The van der Waals surface area contributed by atoms with Gasteiger partial charge in [-0.1, -0.05) is 56.2 Å². The van der Waals surface area contributed by atoms with E-state index in [-0.39, 0.29) is 16.1 Å². The second kappa shape index (κ2) is 17.8. The molecule has 0 aromatic rings. The molecule has 0 saturated heterocycles. The van der Waals surface area contributed by atoms with Crippen molar-refractivity contribution in [3.05, 3.63) is 0 Å². The summed E-state index contributed by atoms with van der Waals surface area (Å²) in [4.78, 5) is 23.5. The molecule has 0 saturated carbocycles. The Morgan fingerprint density at radius 3 is 1.81 bits per heavy atom. The number of nitrogens with one attached hydrogen (secondary N) is 2. The summed E-state index contributed by atoms with van der Waals surface area (Å²) < 4.78 is 21.3. The minimum atomic E-state index is -0.430. The molecular formula is C22H44N2O6S2. The Hall–Kier alpha value is -0.680. The average molecular weight is 497 g/mol. The fraction of sp³-hybridized carbons (Fsp3) is 0.909. The lowest BCUT2D eigenvalue weighted by Crippen LogP contribution is -2.32. The second-order valence-corrected chi connectivity index (χ2v) is 12.9. The summed E-state index contributed by atoms with van der Waals surface area (Å²) in [6, 6.07) is 0. The van der Waals surface area contributed by atoms with E-state index >= 15 is 0 Å². The standard InChI is InChI=1S/C22H44N2O6S2/c1-18(2)31-32-22(6,7)16-19(25)23-8-10-27-12-14-29-15-13-28-11-9-24-20(26)30-17-21(3,4)5/h18H,8-17H2,1-7H3,(H,23,25)(H,24,26). The van der Waals surface area contributed by atoms with Gasteiger partial charge in [0, 0.05) is 29.5 Å². The Kier molecular flexibility index (Phi) is 17.4. The van der Waals surface area contributed by atoms with Gasteiger partial charge in [-0.15, -0.1) is 0 Å². The normalized spacial score (nSPS) is 12.1. The first-order valence-corrected chi connectivity index (χ1v) is 13.4. The molecule has 0 aliphatic carbocycles. The molecule has 0 radical (unpaired) electrons. The van der Waals surface area contributed by atoms with Crippen LogP contribution in [0.1, 0.15) is 54.9 Å². The number of amides is 2. The third kappa shape index (κ3) is 22.5. The van der Waals surface area contributed by atoms with Crippen LogP contribution in [0, 0.1) is 5.41 Å². The van der Waals surface area contributed by atoms with E-state index in [0.717, 1.165) is 0 Å². The molecule has 0 aliphatic heterocycles. The van der Waals surface area contributed by atoms with Crippen molar-refractivity contribution in [1.82, 2.24) is 10.6 Å². The van der Waals surface area contributed by atoms with E-state index in [9.17, 15) is 9.59 Å². The SMILES string of the molecule is CC(C)SSC(C)(C)CC(=O)NCCOCCOCCOCCNC(=O)OCC(C)(C)C. The van der Waals surface area contributed by atoms with Crippen LogP contribution in [0.4, 0.5) is 4.79 Å². The van der Waals surface area contributed by atoms with Gasteiger partial charge in [0.2, 0.25) is 5.91 Å². The molecule has 0 fully saturated rings. The fourth-order valence-corrected chi connectivity index (χ4v) is 4.25. The smallest absolute Gasteiger partial charge is 0.407 e. The van der Waals surface area contributed by atoms with Crippen molar-refractivity contribution >= 4 is 33.6 Å². The lowest BCUT2D eigenvalue weighted by atomic mass is 9.99. The van der Waals surface area contributed by atoms with Crippen molar-refractivity contribution in [3.63, 3.8) is 0 Å². The quantitative estimate of drug-likeness (QED) is 0.218. The van der Waals surface area contributed by atoms with Gasteiger partial charge >= 0.3 is 6.09 Å². The van der Waals surface area contributed by atoms with Gasteiger partial charge in [-0.25, -0.2) is 4.79 Å². The van der Waals surface area contributed by atoms with E-state index < -0.39 is 6.09 Å². The lowest BCUT2D eigenvalue weighted by Gasteiger charge is -2.23. The summed E-state index contributed by atoms with van der Waals surface area (Å²) in [5.74, 6) is 0.0424. The molecule has 0 heterocycles. The zero-order chi connectivity index (χ0) is 24.5. The summed E-state index contributed by atoms with van der Waals surface area (Å²) >= 11 is 0. The van der Waals surface area contributed by atoms with Gasteiger partial charge in [-0.05, 0) is 19.3 Å². The molecule has 0 atom stereocenters. The fourth-order valence-electron chi connectivity index (χ4n) is 2.07. The highest BCUT2D eigenvalue weighted by Gasteiger charge is 2.23. The molecular weight excluding hydrogens is 452 g/mol. The number of carbonyl (C=O) groups is 2. The first kappa shape index (κ1) is 31.3. The highest BCUT2D eigenvalue weighted by Crippen LogP contribution is 2.40. The molecule has 0 rings (SSSR count). The Morgan fingerprint density at radius 1 is 0.812 bits per heavy atom. The van der Waals surface area contributed by atoms with Crippen LogP contribution in [-0.4, -0.2) is 81.3 Å². The first-order valence-electron chi connectivity index (χ1n) is 11.2. The minimum Gasteiger partial charge on any atom is -0.449 e. The Balaban J connectivity index is 3.44. The van der Waals surface area contributed by atoms with Crippen LogP contribution in [0.5, 0.6) is 0 Å². The van der Waals surface area contributed by atoms with Crippen molar-refractivity contribution < 1.29 is 28.5 Å². The summed E-state index contributed by atoms with van der Waals surface area (Å²) in [6.07, 6.45) is 0.0505. The zero-order valence-electron chi connectivity index (χ0n) is 20.9. The van der Waals surface area contributed by atoms with Crippen LogP contribution in [0.2, 0.25) is 0 Å². The van der Waals surface area contributed by atoms with E-state index in [4.69, 9.17) is 18.9 Å². The van der Waals surface area contributed by atoms with Crippen molar-refractivity contribution in [1.29, 1.82) is 0 Å². The van der Waals surface area contributed by atoms with E-state index in [1.54, 1.807) is 21.6 Å². The van der Waals surface area contributed by atoms with Crippen molar-refractivity contribution in [3.8, 4) is 0 Å². The minimum absolute atomic E-state index is 0.0424. The topological polar surface area (TPSA) is 95.1 Å². The van der Waals surface area contributed by atoms with E-state index in [1.807, 2.05) is 20.8 Å². The molecule has 0 aliphatic rings. The van der Waals surface area contributed by atoms with Crippen LogP contribution < -0.4 is 10.6 Å². The van der Waals surface area contributed by atoms with Crippen LogP contribution >= 0.6 is 21.6 Å². The zero-order valence-corrected chi connectivity index (χ0v) is 22.5. The third-order valence-electron chi connectivity index (χ3n) is 3.52. The summed E-state index contributed by atoms with van der Waals surface area (Å²) in [7, 11) is 3.55. The highest BCUT2D eigenvalue weighted by atomic mass is 33.1. The van der Waals surface area contributed by atoms with Crippen molar-refractivity contribution in [2.45, 2.75) is 64.9 Å². The van der Waals surface area contributed by atoms with Crippen molar-refractivity contribution in [2.24, 2.45) is 5.41 Å². The van der Waals surface area contributed by atoms with Crippen LogP contribution in [0.15, 0.2) is 0 Å². The largest absolute Gasteiger partial charge is 0.449 e. The van der Waals surface area contributed by atoms with Gasteiger partial charge in [0.05, 0.1) is 46.2 Å². The molecule has 32 heavy (non-hydrogen) atoms. The van der Waals surface area contributed by atoms with Crippen LogP contribution in [0.3, 0.4) is 0 Å². The molecule has 2 amide bonds. The number of rotatable bonds is 18. The molecule has 0 bridgehead atoms. The maximum absolute atomic E-state index is 12.0. The number of alkyl carbamates (subject to hydrolysis) is 1. The number of hydrogen-bond acceptors (Lipinski definition) is 8. The predicted octanol–water partition coefficient (Wildman–Crippen LogP) is 3.88. The van der Waals surface area contributed by atoms with Crippen LogP contribution in [-0.2, 0) is 23.7 Å². The van der Waals surface area contributed by atoms with Gasteiger partial charge in [0.15, 0.2) is 0 Å². The Morgan fingerprint density at radius 2 is 1.31 bits per heavy atom. The van der Waals surface area contributed by atoms with Gasteiger partial charge in [0.25, 0.3) is 0 Å². The molecule has 0 unspecified atom stereocenters. The monoisotopic (exact) mass is 496 g/mol. The second-order valence-electron chi connectivity index (χ2n) is 9.42. The molecule has 2 N–H and O–H groups in total. The van der Waals surface area contributed by atoms with Crippen molar-refractivity contribution in [2.75, 3.05) is 59.3 Å². The summed E-state index contributed by atoms with van der Waals surface area (Å²) in [5, 5.41) is 6.07. The lowest BCUT2D eigenvalue weighted by molar-refractivity contribution is -0.121. The van der Waals surface area contributed by atoms with Crippen LogP contribution in [0.25, 0.3) is 0 Å². The van der Waals surface area contributed by atoms with Gasteiger partial charge < -0.3 is 29.6 Å². The Labute approximate surface area is 202 Å². The van der Waals surface area contributed by atoms with E-state index in [2.05, 4.69) is 38.3 Å². The highest BCUT2D eigenvalue weighted by molar-refractivity contribution is 8.77. The van der Waals surface area contributed by atoms with Gasteiger partial charge in [0.1, 0.15) is 0 Å². The number of hydrogen-bond donors (Lipinski definition) is 2. The Bertz CT molecular complexity index is 513. The maximum Gasteiger partial charge on any atom is 0.407 e. The maximum atomic E-state index is 12.0. The molecule has 10 heteroatoms. The molecule has 8 nitrogen and oxygen atoms in total. The van der Waals surface area contributed by atoms with E-state index in [0.29, 0.717) is 71.0 Å². The average Bonchev–Trinajstić information content (AvgIpc) is 2.67. The summed E-state index contributed by atoms with van der Waals surface area (Å²) in [6.45, 7) is 18.4. The first-order chi connectivity index (χ1) is 14.9. The molecule has 0 aromatic heterocycles. The summed E-state index contributed by atoms with van der Waals surface area (Å²) in [5.41, 5.74) is -0.0501. The van der Waals surface area contributed by atoms with Gasteiger partial charge in [-0.2, -0.15) is 0 Å². The van der Waals surface area contributed by atoms with E-state index in [1.165, 1.54) is 0 Å². The molecule has 0 aromatic carbocycles. The van der Waals surface area contributed by atoms with Gasteiger partial charge in [-0.3, -0.25) is 4.79 Å². The number of ether oxygens (including phenoxy) is 4. The number of carbonyl (C=O) groups excluding carboxylic acids is 2.